The molecule has 2 atom stereocenters. The van der Waals surface area contributed by atoms with E-state index in [1.807, 2.05) is 13.8 Å². The fourth-order valence-corrected chi connectivity index (χ4v) is 6.51. The van der Waals surface area contributed by atoms with Crippen molar-refractivity contribution in [2.75, 3.05) is 19.8 Å². The summed E-state index contributed by atoms with van der Waals surface area (Å²) in [6.45, 7) is 9.77. The van der Waals surface area contributed by atoms with E-state index in [2.05, 4.69) is 13.8 Å². The van der Waals surface area contributed by atoms with E-state index in [-0.39, 0.29) is 0 Å². The zero-order valence-corrected chi connectivity index (χ0v) is 17.3. The Labute approximate surface area is 156 Å². The average Bonchev–Trinajstić information content (AvgIpc) is 2.57. The summed E-state index contributed by atoms with van der Waals surface area (Å²) < 4.78 is 0. The molecule has 2 aliphatic carbocycles. The minimum Gasteiger partial charge on any atom is -0.396 e. The van der Waals surface area contributed by atoms with Gasteiger partial charge < -0.3 is 15.3 Å². The molecule has 2 unspecified atom stereocenters. The summed E-state index contributed by atoms with van der Waals surface area (Å²) in [5.74, 6) is 0.781. The normalized spacial score (nSPS) is 37.3. The van der Waals surface area contributed by atoms with Gasteiger partial charge in [-0.1, -0.05) is 27.7 Å². The van der Waals surface area contributed by atoms with Crippen molar-refractivity contribution in [1.29, 1.82) is 0 Å². The third-order valence-electron chi connectivity index (χ3n) is 6.63. The fraction of sp³-hybridized carbons (Fsp3) is 1.00. The predicted octanol–water partition coefficient (Wildman–Crippen LogP) is 4.92. The van der Waals surface area contributed by atoms with Crippen molar-refractivity contribution in [3.8, 4) is 0 Å². The average molecular weight is 357 g/mol. The summed E-state index contributed by atoms with van der Waals surface area (Å²) in [5, 5.41) is 27.9. The van der Waals surface area contributed by atoms with Crippen molar-refractivity contribution < 1.29 is 15.3 Å². The Morgan fingerprint density at radius 1 is 0.680 bits per heavy atom. The van der Waals surface area contributed by atoms with Crippen LogP contribution in [0.1, 0.15) is 98.3 Å². The molecule has 2 aliphatic rings. The maximum atomic E-state index is 9.37. The summed E-state index contributed by atoms with van der Waals surface area (Å²) in [6, 6.07) is 0. The number of rotatable bonds is 9. The smallest absolute Gasteiger partial charge is 0.0431 e. The Hall–Kier alpha value is -0.120. The number of hydrogen-bond acceptors (Lipinski definition) is 3. The SMILES string of the molecule is CC.CC1(CCCO)CC2CC(C)(CCCO)CC(CCCO)(C2)C1. The second-order valence-electron chi connectivity index (χ2n) is 9.43. The van der Waals surface area contributed by atoms with Crippen molar-refractivity contribution in [2.45, 2.75) is 98.3 Å². The zero-order valence-electron chi connectivity index (χ0n) is 17.3. The molecule has 3 N–H and O–H groups in total. The van der Waals surface area contributed by atoms with E-state index in [4.69, 9.17) is 0 Å². The van der Waals surface area contributed by atoms with Gasteiger partial charge in [-0.25, -0.2) is 0 Å². The minimum absolute atomic E-state index is 0.299. The zero-order chi connectivity index (χ0) is 19.0. The molecule has 150 valence electrons. The van der Waals surface area contributed by atoms with Gasteiger partial charge in [0.2, 0.25) is 0 Å². The van der Waals surface area contributed by atoms with Crippen molar-refractivity contribution in [3.63, 3.8) is 0 Å². The van der Waals surface area contributed by atoms with E-state index in [9.17, 15) is 15.3 Å². The highest BCUT2D eigenvalue weighted by atomic mass is 16.3. The van der Waals surface area contributed by atoms with E-state index < -0.39 is 0 Å². The lowest BCUT2D eigenvalue weighted by atomic mass is 9.47. The molecule has 2 fully saturated rings. The van der Waals surface area contributed by atoms with Crippen molar-refractivity contribution in [3.05, 3.63) is 0 Å². The van der Waals surface area contributed by atoms with Gasteiger partial charge >= 0.3 is 0 Å². The Bertz CT molecular complexity index is 342. The molecule has 2 rings (SSSR count). The lowest BCUT2D eigenvalue weighted by molar-refractivity contribution is -0.0787. The van der Waals surface area contributed by atoms with E-state index in [1.54, 1.807) is 0 Å². The molecule has 0 aromatic heterocycles. The maximum Gasteiger partial charge on any atom is 0.0431 e. The van der Waals surface area contributed by atoms with Crippen molar-refractivity contribution in [1.82, 2.24) is 0 Å². The number of aliphatic hydroxyl groups excluding tert-OH is 3. The van der Waals surface area contributed by atoms with Gasteiger partial charge in [0, 0.05) is 19.8 Å². The van der Waals surface area contributed by atoms with Crippen LogP contribution >= 0.6 is 0 Å². The van der Waals surface area contributed by atoms with Gasteiger partial charge in [0.15, 0.2) is 0 Å². The molecule has 0 spiro atoms. The van der Waals surface area contributed by atoms with Crippen LogP contribution in [-0.4, -0.2) is 35.1 Å². The van der Waals surface area contributed by atoms with Crippen LogP contribution in [0.3, 0.4) is 0 Å². The van der Waals surface area contributed by atoms with Crippen LogP contribution in [0.5, 0.6) is 0 Å². The third-order valence-corrected chi connectivity index (χ3v) is 6.63. The molecule has 0 aromatic carbocycles. The molecule has 25 heavy (non-hydrogen) atoms. The lowest BCUT2D eigenvalue weighted by Crippen LogP contribution is -2.47. The highest BCUT2D eigenvalue weighted by molar-refractivity contribution is 5.03. The molecule has 0 radical (unpaired) electrons. The van der Waals surface area contributed by atoms with Crippen molar-refractivity contribution in [2.24, 2.45) is 22.2 Å². The number of fused-ring (bicyclic) bond motifs is 2. The summed E-state index contributed by atoms with van der Waals surface area (Å²) in [4.78, 5) is 0. The summed E-state index contributed by atoms with van der Waals surface area (Å²) in [6.07, 6.45) is 12.6. The fourth-order valence-electron chi connectivity index (χ4n) is 6.51. The second-order valence-corrected chi connectivity index (χ2v) is 9.43. The first-order chi connectivity index (χ1) is 11.9. The van der Waals surface area contributed by atoms with Crippen LogP contribution in [0, 0.1) is 22.2 Å². The number of aliphatic hydroxyl groups is 3. The first kappa shape index (κ1) is 22.9. The molecule has 0 amide bonds. The van der Waals surface area contributed by atoms with E-state index >= 15 is 0 Å². The quantitative estimate of drug-likeness (QED) is 0.549. The summed E-state index contributed by atoms with van der Waals surface area (Å²) in [7, 11) is 0. The molecule has 0 saturated heterocycles. The van der Waals surface area contributed by atoms with Gasteiger partial charge in [-0.15, -0.1) is 0 Å². The predicted molar refractivity (Wildman–Crippen MR) is 106 cm³/mol. The topological polar surface area (TPSA) is 60.7 Å². The largest absolute Gasteiger partial charge is 0.396 e. The van der Waals surface area contributed by atoms with Crippen molar-refractivity contribution >= 4 is 0 Å². The van der Waals surface area contributed by atoms with E-state index in [0.717, 1.165) is 44.4 Å². The van der Waals surface area contributed by atoms with Crippen LogP contribution in [0.4, 0.5) is 0 Å². The van der Waals surface area contributed by atoms with E-state index in [0.29, 0.717) is 36.1 Å². The Morgan fingerprint density at radius 3 is 1.48 bits per heavy atom. The molecular formula is C22H44O3. The molecule has 0 aromatic rings. The minimum atomic E-state index is 0.299. The molecule has 2 bridgehead atoms. The monoisotopic (exact) mass is 356 g/mol. The van der Waals surface area contributed by atoms with Gasteiger partial charge in [0.05, 0.1) is 0 Å². The van der Waals surface area contributed by atoms with Gasteiger partial charge in [0.25, 0.3) is 0 Å². The highest BCUT2D eigenvalue weighted by Gasteiger charge is 2.52. The first-order valence-corrected chi connectivity index (χ1v) is 10.7. The molecule has 3 nitrogen and oxygen atoms in total. The first-order valence-electron chi connectivity index (χ1n) is 10.7. The van der Waals surface area contributed by atoms with Crippen LogP contribution in [0.2, 0.25) is 0 Å². The summed E-state index contributed by atoms with van der Waals surface area (Å²) >= 11 is 0. The lowest BCUT2D eigenvalue weighted by Gasteiger charge is -2.58. The molecular weight excluding hydrogens is 312 g/mol. The van der Waals surface area contributed by atoms with Gasteiger partial charge in [-0.05, 0) is 92.8 Å². The van der Waals surface area contributed by atoms with Gasteiger partial charge in [-0.2, -0.15) is 0 Å². The number of hydrogen-bond donors (Lipinski definition) is 3. The molecule has 2 saturated carbocycles. The second kappa shape index (κ2) is 10.3. The van der Waals surface area contributed by atoms with Crippen LogP contribution in [0.25, 0.3) is 0 Å². The van der Waals surface area contributed by atoms with E-state index in [1.165, 1.54) is 32.1 Å². The standard InChI is InChI=1S/C20H38O3.C2H6/c1-18(6-3-9-21)12-17-13-19(2,7-4-10-22)16-20(14-17,15-18)8-5-11-23;1-2/h17,21-23H,3-16H2,1-2H3;1-2H3. The third kappa shape index (κ3) is 6.52. The Balaban J connectivity index is 0.00000151. The Morgan fingerprint density at radius 2 is 1.08 bits per heavy atom. The van der Waals surface area contributed by atoms with Gasteiger partial charge in [-0.3, -0.25) is 0 Å². The Kier molecular flexibility index (Phi) is 9.42. The highest BCUT2D eigenvalue weighted by Crippen LogP contribution is 2.63. The molecule has 0 aliphatic heterocycles. The van der Waals surface area contributed by atoms with Crippen LogP contribution in [-0.2, 0) is 0 Å². The van der Waals surface area contributed by atoms with Crippen LogP contribution < -0.4 is 0 Å². The van der Waals surface area contributed by atoms with Crippen LogP contribution in [0.15, 0.2) is 0 Å². The van der Waals surface area contributed by atoms with Gasteiger partial charge in [0.1, 0.15) is 0 Å². The maximum absolute atomic E-state index is 9.37. The molecule has 3 heteroatoms. The summed E-state index contributed by atoms with van der Waals surface area (Å²) in [5.41, 5.74) is 1.09. The molecule has 0 heterocycles.